The third kappa shape index (κ3) is 6.11. The number of aliphatic carboxylic acids is 1. The van der Waals surface area contributed by atoms with Crippen molar-refractivity contribution in [2.75, 3.05) is 25.4 Å². The lowest BCUT2D eigenvalue weighted by Gasteiger charge is -2.37. The summed E-state index contributed by atoms with van der Waals surface area (Å²) in [6, 6.07) is 7.40. The van der Waals surface area contributed by atoms with Crippen LogP contribution >= 0.6 is 24.0 Å². The minimum atomic E-state index is -3.18. The normalized spacial score (nSPS) is 16.6. The van der Waals surface area contributed by atoms with E-state index in [9.17, 15) is 18.3 Å². The Balaban J connectivity index is 0.00000312. The monoisotopic (exact) mass is 410 g/mol. The molecular formula is C16H24Cl2N2O4S. The van der Waals surface area contributed by atoms with Crippen molar-refractivity contribution in [3.63, 3.8) is 0 Å². The van der Waals surface area contributed by atoms with Crippen molar-refractivity contribution in [1.29, 1.82) is 0 Å². The van der Waals surface area contributed by atoms with Crippen LogP contribution in [0, 0.1) is 0 Å². The van der Waals surface area contributed by atoms with Gasteiger partial charge in [0.1, 0.15) is 0 Å². The Morgan fingerprint density at radius 3 is 2.44 bits per heavy atom. The maximum absolute atomic E-state index is 11.9. The number of halogens is 2. The van der Waals surface area contributed by atoms with Gasteiger partial charge in [0.25, 0.3) is 0 Å². The molecule has 142 valence electrons. The first-order valence-corrected chi connectivity index (χ1v) is 9.99. The third-order valence-electron chi connectivity index (χ3n) is 4.37. The zero-order valence-electron chi connectivity index (χ0n) is 14.1. The number of hydrogen-bond acceptors (Lipinski definition) is 4. The predicted molar refractivity (Wildman–Crippen MR) is 101 cm³/mol. The number of carboxylic acid groups (broad SMARTS) is 1. The second kappa shape index (κ2) is 9.73. The highest BCUT2D eigenvalue weighted by Crippen LogP contribution is 2.23. The Bertz CT molecular complexity index is 676. The molecule has 1 saturated heterocycles. The summed E-state index contributed by atoms with van der Waals surface area (Å²) < 4.78 is 25.4. The zero-order valence-corrected chi connectivity index (χ0v) is 16.5. The lowest BCUT2D eigenvalue weighted by atomic mass is 10.0. The molecule has 25 heavy (non-hydrogen) atoms. The summed E-state index contributed by atoms with van der Waals surface area (Å²) in [5.74, 6) is -0.804. The molecule has 1 aliphatic rings. The van der Waals surface area contributed by atoms with Gasteiger partial charge in [-0.2, -0.15) is 0 Å². The molecule has 1 fully saturated rings. The number of nitrogens with zero attached hydrogens (tertiary/aromatic N) is 2. The lowest BCUT2D eigenvalue weighted by molar-refractivity contribution is -0.139. The number of carbonyl (C=O) groups is 1. The Morgan fingerprint density at radius 2 is 1.92 bits per heavy atom. The van der Waals surface area contributed by atoms with Gasteiger partial charge in [-0.25, -0.2) is 12.7 Å². The molecule has 0 unspecified atom stereocenters. The minimum absolute atomic E-state index is 0. The number of carboxylic acids is 1. The van der Waals surface area contributed by atoms with Crippen LogP contribution in [0.15, 0.2) is 24.3 Å². The van der Waals surface area contributed by atoms with E-state index >= 15 is 0 Å². The summed E-state index contributed by atoms with van der Waals surface area (Å²) in [6.45, 7) is 2.85. The molecule has 9 heteroatoms. The number of hydrogen-bond donors (Lipinski definition) is 1. The van der Waals surface area contributed by atoms with E-state index in [0.29, 0.717) is 37.5 Å². The fourth-order valence-electron chi connectivity index (χ4n) is 3.00. The van der Waals surface area contributed by atoms with Gasteiger partial charge in [-0.1, -0.05) is 29.8 Å². The van der Waals surface area contributed by atoms with Crippen LogP contribution in [0.5, 0.6) is 0 Å². The highest BCUT2D eigenvalue weighted by atomic mass is 35.5. The molecule has 0 aromatic heterocycles. The van der Waals surface area contributed by atoms with Crippen LogP contribution in [0.1, 0.15) is 25.3 Å². The summed E-state index contributed by atoms with van der Waals surface area (Å²) >= 11 is 6.18. The number of benzene rings is 1. The van der Waals surface area contributed by atoms with Crippen molar-refractivity contribution in [2.45, 2.75) is 32.4 Å². The molecular weight excluding hydrogens is 387 g/mol. The average Bonchev–Trinajstić information content (AvgIpc) is 2.56. The number of piperidine rings is 1. The van der Waals surface area contributed by atoms with Crippen LogP contribution in [0.2, 0.25) is 5.02 Å². The summed E-state index contributed by atoms with van der Waals surface area (Å²) in [6.07, 6.45) is 1.24. The molecule has 1 aliphatic heterocycles. The summed E-state index contributed by atoms with van der Waals surface area (Å²) in [5, 5.41) is 9.81. The molecule has 0 spiro atoms. The maximum atomic E-state index is 11.9. The van der Waals surface area contributed by atoms with Crippen molar-refractivity contribution in [2.24, 2.45) is 0 Å². The smallest absolute Gasteiger partial charge is 0.317 e. The molecule has 1 heterocycles. The quantitative estimate of drug-likeness (QED) is 0.746. The molecule has 1 aromatic carbocycles. The molecule has 0 aliphatic carbocycles. The largest absolute Gasteiger partial charge is 0.480 e. The molecule has 0 bridgehead atoms. The topological polar surface area (TPSA) is 77.9 Å². The first kappa shape index (κ1) is 22.2. The average molecular weight is 411 g/mol. The fourth-order valence-corrected chi connectivity index (χ4v) is 4.33. The molecule has 0 saturated carbocycles. The number of rotatable bonds is 7. The number of sulfonamides is 1. The van der Waals surface area contributed by atoms with Crippen molar-refractivity contribution in [1.82, 2.24) is 9.21 Å². The van der Waals surface area contributed by atoms with E-state index in [4.69, 9.17) is 11.6 Å². The molecule has 1 aromatic rings. The Kier molecular flexibility index (Phi) is 8.63. The molecule has 1 N–H and O–H groups in total. The van der Waals surface area contributed by atoms with Crippen molar-refractivity contribution in [3.8, 4) is 0 Å². The van der Waals surface area contributed by atoms with E-state index < -0.39 is 16.0 Å². The first-order chi connectivity index (χ1) is 11.3. The fraction of sp³-hybridized carbons (Fsp3) is 0.562. The summed E-state index contributed by atoms with van der Waals surface area (Å²) in [5.41, 5.74) is 0.879. The van der Waals surface area contributed by atoms with Crippen molar-refractivity contribution < 1.29 is 18.3 Å². The summed E-state index contributed by atoms with van der Waals surface area (Å²) in [4.78, 5) is 13.1. The molecule has 0 amide bonds. The zero-order chi connectivity index (χ0) is 17.7. The highest BCUT2D eigenvalue weighted by Gasteiger charge is 2.30. The van der Waals surface area contributed by atoms with Crippen molar-refractivity contribution >= 4 is 40.0 Å². The molecule has 0 atom stereocenters. The predicted octanol–water partition coefficient (Wildman–Crippen LogP) is 2.46. The Hall–Kier alpha value is -0.860. The Labute approximate surface area is 160 Å². The van der Waals surface area contributed by atoms with Gasteiger partial charge in [-0.15, -0.1) is 12.4 Å². The van der Waals surface area contributed by atoms with E-state index in [0.717, 1.165) is 5.56 Å². The standard InChI is InChI=1S/C16H23ClN2O4S.ClH/c1-2-24(22,23)19-9-7-14(8-10-19)18(12-16(20)21)11-13-5-3-4-6-15(13)17;/h3-6,14H,2,7-12H2,1H3,(H,20,21);1H. The second-order valence-corrected chi connectivity index (χ2v) is 8.59. The van der Waals surface area contributed by atoms with Crippen LogP contribution in [-0.4, -0.2) is 60.1 Å². The minimum Gasteiger partial charge on any atom is -0.480 e. The molecule has 0 radical (unpaired) electrons. The third-order valence-corrected chi connectivity index (χ3v) is 6.62. The highest BCUT2D eigenvalue weighted by molar-refractivity contribution is 7.89. The lowest BCUT2D eigenvalue weighted by Crippen LogP contribution is -2.48. The van der Waals surface area contributed by atoms with E-state index in [1.54, 1.807) is 13.0 Å². The van der Waals surface area contributed by atoms with Crippen LogP contribution < -0.4 is 0 Å². The van der Waals surface area contributed by atoms with Gasteiger partial charge in [-0.05, 0) is 31.4 Å². The van der Waals surface area contributed by atoms with Crippen LogP contribution in [0.4, 0.5) is 0 Å². The van der Waals surface area contributed by atoms with E-state index in [1.165, 1.54) is 4.31 Å². The molecule has 6 nitrogen and oxygen atoms in total. The first-order valence-electron chi connectivity index (χ1n) is 8.00. The van der Waals surface area contributed by atoms with Crippen LogP contribution in [0.25, 0.3) is 0 Å². The van der Waals surface area contributed by atoms with E-state index in [2.05, 4.69) is 0 Å². The van der Waals surface area contributed by atoms with Gasteiger partial charge < -0.3 is 5.11 Å². The van der Waals surface area contributed by atoms with Gasteiger partial charge in [0.05, 0.1) is 12.3 Å². The second-order valence-electron chi connectivity index (χ2n) is 5.92. The van der Waals surface area contributed by atoms with Gasteiger partial charge >= 0.3 is 5.97 Å². The SMILES string of the molecule is CCS(=O)(=O)N1CCC(N(CC(=O)O)Cc2ccccc2Cl)CC1.Cl. The van der Waals surface area contributed by atoms with Gasteiger partial charge in [0, 0.05) is 30.7 Å². The van der Waals surface area contributed by atoms with E-state index in [1.807, 2.05) is 23.1 Å². The Morgan fingerprint density at radius 1 is 1.32 bits per heavy atom. The maximum Gasteiger partial charge on any atom is 0.317 e. The van der Waals surface area contributed by atoms with Crippen LogP contribution in [0.3, 0.4) is 0 Å². The van der Waals surface area contributed by atoms with Gasteiger partial charge in [0.15, 0.2) is 0 Å². The van der Waals surface area contributed by atoms with Crippen molar-refractivity contribution in [3.05, 3.63) is 34.9 Å². The van der Waals surface area contributed by atoms with Gasteiger partial charge in [-0.3, -0.25) is 9.69 Å². The molecule has 2 rings (SSSR count). The van der Waals surface area contributed by atoms with E-state index in [-0.39, 0.29) is 30.7 Å². The van der Waals surface area contributed by atoms with Gasteiger partial charge in [0.2, 0.25) is 10.0 Å². The van der Waals surface area contributed by atoms with Crippen LogP contribution in [-0.2, 0) is 21.4 Å². The summed E-state index contributed by atoms with van der Waals surface area (Å²) in [7, 11) is -3.18.